The molecule has 0 aliphatic carbocycles. The molecule has 1 aliphatic rings. The highest BCUT2D eigenvalue weighted by atomic mass is 16.5. The summed E-state index contributed by atoms with van der Waals surface area (Å²) in [7, 11) is 1.67. The van der Waals surface area contributed by atoms with Gasteiger partial charge < -0.3 is 14.5 Å². The number of aromatic nitrogens is 3. The summed E-state index contributed by atoms with van der Waals surface area (Å²) in [6.07, 6.45) is 0. The first kappa shape index (κ1) is 22.9. The lowest BCUT2D eigenvalue weighted by Crippen LogP contribution is -2.49. The summed E-state index contributed by atoms with van der Waals surface area (Å²) in [5.41, 5.74) is 4.89. The van der Waals surface area contributed by atoms with Crippen molar-refractivity contribution in [1.82, 2.24) is 19.5 Å². The number of piperazine rings is 1. The number of hydrogen-bond acceptors (Lipinski definition) is 5. The van der Waals surface area contributed by atoms with E-state index in [9.17, 15) is 4.79 Å². The van der Waals surface area contributed by atoms with E-state index in [1.165, 1.54) is 0 Å². The maximum atomic E-state index is 13.8. The standard InChI is InChI=1S/C28H31N5O2/c1-28(2,3)25-19-26-29-23(20-8-6-5-7-9-20)18-24(33(26)30-25)27(34)32-16-14-31(15-17-32)21-10-12-22(35-4)13-11-21/h5-13,18-19H,14-17H2,1-4H3. The molecule has 3 heterocycles. The first-order chi connectivity index (χ1) is 16.8. The third-order valence-electron chi connectivity index (χ3n) is 6.49. The van der Waals surface area contributed by atoms with E-state index in [0.717, 1.165) is 41.5 Å². The summed E-state index contributed by atoms with van der Waals surface area (Å²) < 4.78 is 6.98. The molecule has 1 saturated heterocycles. The highest BCUT2D eigenvalue weighted by Gasteiger charge is 2.27. The summed E-state index contributed by atoms with van der Waals surface area (Å²) in [4.78, 5) is 22.8. The highest BCUT2D eigenvalue weighted by molar-refractivity contribution is 5.94. The molecule has 0 bridgehead atoms. The zero-order chi connectivity index (χ0) is 24.6. The summed E-state index contributed by atoms with van der Waals surface area (Å²) >= 11 is 0. The number of amides is 1. The SMILES string of the molecule is COc1ccc(N2CCN(C(=O)c3cc(-c4ccccc4)nc4cc(C(C)(C)C)nn34)CC2)cc1. The molecule has 0 radical (unpaired) electrons. The normalized spacial score (nSPS) is 14.4. The van der Waals surface area contributed by atoms with Crippen LogP contribution in [0.15, 0.2) is 66.7 Å². The zero-order valence-corrected chi connectivity index (χ0v) is 20.7. The smallest absolute Gasteiger partial charge is 0.272 e. The minimum Gasteiger partial charge on any atom is -0.497 e. The molecule has 1 fully saturated rings. The van der Waals surface area contributed by atoms with Gasteiger partial charge >= 0.3 is 0 Å². The fourth-order valence-electron chi connectivity index (χ4n) is 4.37. The third kappa shape index (κ3) is 4.58. The van der Waals surface area contributed by atoms with Crippen molar-refractivity contribution >= 4 is 17.2 Å². The molecule has 0 saturated carbocycles. The van der Waals surface area contributed by atoms with E-state index in [1.807, 2.05) is 59.5 Å². The molecule has 7 heteroatoms. The van der Waals surface area contributed by atoms with Gasteiger partial charge in [-0.15, -0.1) is 0 Å². The summed E-state index contributed by atoms with van der Waals surface area (Å²) in [5.74, 6) is 0.819. The van der Waals surface area contributed by atoms with Crippen molar-refractivity contribution in [2.75, 3.05) is 38.2 Å². The van der Waals surface area contributed by atoms with Gasteiger partial charge in [-0.3, -0.25) is 4.79 Å². The number of methoxy groups -OCH3 is 1. The van der Waals surface area contributed by atoms with Gasteiger partial charge in [0, 0.05) is 48.9 Å². The molecule has 2 aromatic carbocycles. The van der Waals surface area contributed by atoms with E-state index >= 15 is 0 Å². The molecule has 5 rings (SSSR count). The first-order valence-corrected chi connectivity index (χ1v) is 12.0. The second kappa shape index (κ2) is 9.06. The average molecular weight is 470 g/mol. The molecule has 2 aromatic heterocycles. The summed E-state index contributed by atoms with van der Waals surface area (Å²) in [6, 6.07) is 21.9. The zero-order valence-electron chi connectivity index (χ0n) is 20.7. The van der Waals surface area contributed by atoms with Gasteiger partial charge in [0.05, 0.1) is 18.5 Å². The molecule has 35 heavy (non-hydrogen) atoms. The van der Waals surface area contributed by atoms with E-state index in [-0.39, 0.29) is 11.3 Å². The van der Waals surface area contributed by atoms with Crippen LogP contribution in [0.25, 0.3) is 16.9 Å². The van der Waals surface area contributed by atoms with E-state index in [0.29, 0.717) is 24.4 Å². The molecule has 0 N–H and O–H groups in total. The van der Waals surface area contributed by atoms with E-state index in [2.05, 4.69) is 37.8 Å². The van der Waals surface area contributed by atoms with Crippen LogP contribution in [0.4, 0.5) is 5.69 Å². The van der Waals surface area contributed by atoms with Gasteiger partial charge in [-0.2, -0.15) is 5.10 Å². The monoisotopic (exact) mass is 469 g/mol. The number of carbonyl (C=O) groups is 1. The van der Waals surface area contributed by atoms with Crippen molar-refractivity contribution in [2.45, 2.75) is 26.2 Å². The Morgan fingerprint density at radius 3 is 2.23 bits per heavy atom. The van der Waals surface area contributed by atoms with Crippen molar-refractivity contribution in [3.05, 3.63) is 78.1 Å². The fraction of sp³-hybridized carbons (Fsp3) is 0.321. The number of benzene rings is 2. The Morgan fingerprint density at radius 1 is 0.914 bits per heavy atom. The van der Waals surface area contributed by atoms with E-state index in [1.54, 1.807) is 11.6 Å². The van der Waals surface area contributed by atoms with Crippen molar-refractivity contribution in [3.8, 4) is 17.0 Å². The van der Waals surface area contributed by atoms with Gasteiger partial charge in [-0.1, -0.05) is 51.1 Å². The summed E-state index contributed by atoms with van der Waals surface area (Å²) in [6.45, 7) is 9.17. The van der Waals surface area contributed by atoms with Gasteiger partial charge in [0.1, 0.15) is 11.4 Å². The Hall–Kier alpha value is -3.87. The van der Waals surface area contributed by atoms with Crippen LogP contribution in [0.1, 0.15) is 37.0 Å². The van der Waals surface area contributed by atoms with Crippen LogP contribution in [-0.4, -0.2) is 58.7 Å². The molecule has 4 aromatic rings. The quantitative estimate of drug-likeness (QED) is 0.435. The average Bonchev–Trinajstić information content (AvgIpc) is 3.34. The van der Waals surface area contributed by atoms with Crippen LogP contribution >= 0.6 is 0 Å². The van der Waals surface area contributed by atoms with Gasteiger partial charge in [-0.05, 0) is 30.3 Å². The topological polar surface area (TPSA) is 63.0 Å². The molecular weight excluding hydrogens is 438 g/mol. The molecule has 1 amide bonds. The maximum absolute atomic E-state index is 13.8. The lowest BCUT2D eigenvalue weighted by atomic mass is 9.93. The number of ether oxygens (including phenoxy) is 1. The number of carbonyl (C=O) groups excluding carboxylic acids is 1. The maximum Gasteiger partial charge on any atom is 0.272 e. The van der Waals surface area contributed by atoms with Crippen molar-refractivity contribution in [3.63, 3.8) is 0 Å². The van der Waals surface area contributed by atoms with Crippen LogP contribution in [0.5, 0.6) is 5.75 Å². The molecule has 1 aliphatic heterocycles. The largest absolute Gasteiger partial charge is 0.497 e. The van der Waals surface area contributed by atoms with E-state index in [4.69, 9.17) is 14.8 Å². The van der Waals surface area contributed by atoms with Crippen LogP contribution < -0.4 is 9.64 Å². The van der Waals surface area contributed by atoms with Gasteiger partial charge in [0.2, 0.25) is 0 Å². The molecule has 0 atom stereocenters. The third-order valence-corrected chi connectivity index (χ3v) is 6.49. The molecule has 180 valence electrons. The Kier molecular flexibility index (Phi) is 5.93. The number of fused-ring (bicyclic) bond motifs is 1. The van der Waals surface area contributed by atoms with Crippen LogP contribution in [0, 0.1) is 0 Å². The lowest BCUT2D eigenvalue weighted by Gasteiger charge is -2.36. The number of anilines is 1. The fourth-order valence-corrected chi connectivity index (χ4v) is 4.37. The second-order valence-corrected chi connectivity index (χ2v) is 9.92. The summed E-state index contributed by atoms with van der Waals surface area (Å²) in [5, 5.41) is 4.80. The predicted octanol–water partition coefficient (Wildman–Crippen LogP) is 4.66. The number of rotatable bonds is 4. The van der Waals surface area contributed by atoms with E-state index < -0.39 is 0 Å². The molecule has 7 nitrogen and oxygen atoms in total. The minimum absolute atomic E-state index is 0.0208. The minimum atomic E-state index is -0.148. The van der Waals surface area contributed by atoms with Crippen LogP contribution in [0.3, 0.4) is 0 Å². The van der Waals surface area contributed by atoms with Crippen molar-refractivity contribution in [2.24, 2.45) is 0 Å². The number of nitrogens with zero attached hydrogens (tertiary/aromatic N) is 5. The van der Waals surface area contributed by atoms with Crippen LogP contribution in [-0.2, 0) is 5.41 Å². The second-order valence-electron chi connectivity index (χ2n) is 9.92. The Bertz CT molecular complexity index is 1330. The van der Waals surface area contributed by atoms with Crippen molar-refractivity contribution in [1.29, 1.82) is 0 Å². The number of hydrogen-bond donors (Lipinski definition) is 0. The predicted molar refractivity (Wildman–Crippen MR) is 138 cm³/mol. The Balaban J connectivity index is 1.45. The molecule has 0 spiro atoms. The van der Waals surface area contributed by atoms with Crippen LogP contribution in [0.2, 0.25) is 0 Å². The molecule has 0 unspecified atom stereocenters. The Morgan fingerprint density at radius 2 is 1.60 bits per heavy atom. The van der Waals surface area contributed by atoms with Crippen molar-refractivity contribution < 1.29 is 9.53 Å². The highest BCUT2D eigenvalue weighted by Crippen LogP contribution is 2.26. The van der Waals surface area contributed by atoms with Gasteiger partial charge in [0.25, 0.3) is 5.91 Å². The Labute approximate surface area is 206 Å². The molecular formula is C28H31N5O2. The van der Waals surface area contributed by atoms with Gasteiger partial charge in [-0.25, -0.2) is 9.50 Å². The first-order valence-electron chi connectivity index (χ1n) is 12.0. The van der Waals surface area contributed by atoms with Gasteiger partial charge in [0.15, 0.2) is 5.65 Å². The lowest BCUT2D eigenvalue weighted by molar-refractivity contribution is 0.0737.